The van der Waals surface area contributed by atoms with E-state index in [4.69, 9.17) is 0 Å². The minimum atomic E-state index is 0.479. The van der Waals surface area contributed by atoms with E-state index < -0.39 is 0 Å². The molecule has 0 aliphatic heterocycles. The van der Waals surface area contributed by atoms with Crippen LogP contribution in [-0.2, 0) is 0 Å². The van der Waals surface area contributed by atoms with Crippen LogP contribution in [0.15, 0.2) is 0 Å². The van der Waals surface area contributed by atoms with Gasteiger partial charge in [0.1, 0.15) is 0 Å². The van der Waals surface area contributed by atoms with Gasteiger partial charge in [-0.25, -0.2) is 0 Å². The average Bonchev–Trinajstić information content (AvgIpc) is 1.82. The van der Waals surface area contributed by atoms with Gasteiger partial charge in [-0.3, -0.25) is 0 Å². The third kappa shape index (κ3) is 7.15. The van der Waals surface area contributed by atoms with E-state index in [0.29, 0.717) is 5.41 Å². The smallest absolute Gasteiger partial charge is 0.00599 e. The quantitative estimate of drug-likeness (QED) is 0.630. The summed E-state index contributed by atoms with van der Waals surface area (Å²) in [6.07, 6.45) is 2.68. The van der Waals surface area contributed by atoms with Gasteiger partial charge in [-0.05, 0) is 30.1 Å². The summed E-state index contributed by atoms with van der Waals surface area (Å²) < 4.78 is 0. The molecule has 0 aliphatic rings. The van der Waals surface area contributed by atoms with Crippen LogP contribution in [0.1, 0.15) is 47.5 Å². The highest BCUT2D eigenvalue weighted by atomic mass is 79.9. The Hall–Kier alpha value is 0.480. The minimum absolute atomic E-state index is 0.479. The Labute approximate surface area is 86.3 Å². The van der Waals surface area contributed by atoms with E-state index in [1.165, 1.54) is 12.8 Å². The van der Waals surface area contributed by atoms with Crippen molar-refractivity contribution in [2.45, 2.75) is 47.5 Å². The molecule has 0 radical (unpaired) electrons. The van der Waals surface area contributed by atoms with Gasteiger partial charge in [0.15, 0.2) is 0 Å². The molecule has 0 saturated carbocycles. The maximum atomic E-state index is 3.60. The predicted molar refractivity (Wildman–Crippen MR) is 60.8 cm³/mol. The van der Waals surface area contributed by atoms with Crippen molar-refractivity contribution < 1.29 is 0 Å². The lowest BCUT2D eigenvalue weighted by atomic mass is 9.82. The molecule has 0 aromatic carbocycles. The first-order valence-corrected chi connectivity index (χ1v) is 6.03. The summed E-state index contributed by atoms with van der Waals surface area (Å²) in [5.74, 6) is 1.68. The Morgan fingerprint density at radius 2 is 1.67 bits per heavy atom. The maximum absolute atomic E-state index is 3.60. The van der Waals surface area contributed by atoms with E-state index in [2.05, 4.69) is 50.5 Å². The van der Waals surface area contributed by atoms with Gasteiger partial charge >= 0.3 is 0 Å². The molecule has 1 unspecified atom stereocenters. The first kappa shape index (κ1) is 12.5. The standard InChI is InChI=1S/C11H23Br/c1-9(2)6-10(8-12)7-11(3,4)5/h9-10H,6-8H2,1-5H3. The zero-order valence-electron chi connectivity index (χ0n) is 9.15. The number of halogens is 1. The molecule has 0 amide bonds. The molecule has 1 atom stereocenters. The van der Waals surface area contributed by atoms with E-state index in [0.717, 1.165) is 17.2 Å². The summed E-state index contributed by atoms with van der Waals surface area (Å²) in [5.41, 5.74) is 0.479. The molecule has 12 heavy (non-hydrogen) atoms. The average molecular weight is 235 g/mol. The minimum Gasteiger partial charge on any atom is -0.0925 e. The summed E-state index contributed by atoms with van der Waals surface area (Å²) in [5, 5.41) is 1.16. The van der Waals surface area contributed by atoms with Crippen molar-refractivity contribution in [1.29, 1.82) is 0 Å². The van der Waals surface area contributed by atoms with Crippen molar-refractivity contribution in [3.05, 3.63) is 0 Å². The highest BCUT2D eigenvalue weighted by Crippen LogP contribution is 2.29. The molecule has 0 N–H and O–H groups in total. The van der Waals surface area contributed by atoms with E-state index in [1.54, 1.807) is 0 Å². The van der Waals surface area contributed by atoms with Gasteiger partial charge in [0.2, 0.25) is 0 Å². The fourth-order valence-corrected chi connectivity index (χ4v) is 2.23. The first-order chi connectivity index (χ1) is 5.35. The summed E-state index contributed by atoms with van der Waals surface area (Å²) in [7, 11) is 0. The fourth-order valence-electron chi connectivity index (χ4n) is 1.73. The molecule has 0 fully saturated rings. The first-order valence-electron chi connectivity index (χ1n) is 4.91. The largest absolute Gasteiger partial charge is 0.0925 e. The zero-order valence-corrected chi connectivity index (χ0v) is 10.7. The number of hydrogen-bond donors (Lipinski definition) is 0. The van der Waals surface area contributed by atoms with Crippen LogP contribution in [0.25, 0.3) is 0 Å². The number of hydrogen-bond acceptors (Lipinski definition) is 0. The van der Waals surface area contributed by atoms with Gasteiger partial charge in [0.05, 0.1) is 0 Å². The lowest BCUT2D eigenvalue weighted by Gasteiger charge is -2.25. The molecular formula is C11H23Br. The molecule has 0 heterocycles. The van der Waals surface area contributed by atoms with Crippen molar-refractivity contribution >= 4 is 15.9 Å². The molecule has 74 valence electrons. The van der Waals surface area contributed by atoms with Crippen LogP contribution in [0.4, 0.5) is 0 Å². The number of rotatable bonds is 4. The third-order valence-corrected chi connectivity index (χ3v) is 2.84. The second kappa shape index (κ2) is 5.26. The summed E-state index contributed by atoms with van der Waals surface area (Å²) in [6, 6.07) is 0. The Morgan fingerprint density at radius 3 is 1.92 bits per heavy atom. The number of alkyl halides is 1. The molecule has 0 aromatic heterocycles. The van der Waals surface area contributed by atoms with E-state index in [-0.39, 0.29) is 0 Å². The molecule has 0 aliphatic carbocycles. The third-order valence-electron chi connectivity index (χ3n) is 1.92. The highest BCUT2D eigenvalue weighted by molar-refractivity contribution is 9.09. The van der Waals surface area contributed by atoms with E-state index in [1.807, 2.05) is 0 Å². The summed E-state index contributed by atoms with van der Waals surface area (Å²) in [6.45, 7) is 11.6. The van der Waals surface area contributed by atoms with Crippen molar-refractivity contribution in [2.24, 2.45) is 17.3 Å². The molecular weight excluding hydrogens is 212 g/mol. The van der Waals surface area contributed by atoms with Crippen molar-refractivity contribution in [2.75, 3.05) is 5.33 Å². The zero-order chi connectivity index (χ0) is 9.78. The monoisotopic (exact) mass is 234 g/mol. The van der Waals surface area contributed by atoms with Crippen LogP contribution < -0.4 is 0 Å². The second-order valence-electron chi connectivity index (χ2n) is 5.41. The molecule has 0 aromatic rings. The van der Waals surface area contributed by atoms with Gasteiger partial charge in [0.25, 0.3) is 0 Å². The van der Waals surface area contributed by atoms with Gasteiger partial charge in [-0.2, -0.15) is 0 Å². The molecule has 1 heteroatoms. The normalized spacial score (nSPS) is 15.2. The van der Waals surface area contributed by atoms with Crippen molar-refractivity contribution in [3.8, 4) is 0 Å². The summed E-state index contributed by atoms with van der Waals surface area (Å²) in [4.78, 5) is 0. The van der Waals surface area contributed by atoms with Gasteiger partial charge in [-0.15, -0.1) is 0 Å². The molecule has 0 bridgehead atoms. The van der Waals surface area contributed by atoms with Crippen LogP contribution in [-0.4, -0.2) is 5.33 Å². The second-order valence-corrected chi connectivity index (χ2v) is 6.06. The topological polar surface area (TPSA) is 0 Å². The molecule has 0 nitrogen and oxygen atoms in total. The lowest BCUT2D eigenvalue weighted by molar-refractivity contribution is 0.282. The van der Waals surface area contributed by atoms with Crippen LogP contribution in [0.5, 0.6) is 0 Å². The van der Waals surface area contributed by atoms with Crippen LogP contribution in [0.2, 0.25) is 0 Å². The van der Waals surface area contributed by atoms with Crippen LogP contribution in [0.3, 0.4) is 0 Å². The van der Waals surface area contributed by atoms with Gasteiger partial charge in [-0.1, -0.05) is 50.5 Å². The molecule has 0 saturated heterocycles. The van der Waals surface area contributed by atoms with E-state index >= 15 is 0 Å². The Kier molecular flexibility index (Phi) is 5.47. The predicted octanol–water partition coefficient (Wildman–Crippen LogP) is 4.48. The van der Waals surface area contributed by atoms with Crippen molar-refractivity contribution in [1.82, 2.24) is 0 Å². The Balaban J connectivity index is 3.83. The Bertz CT molecular complexity index is 111. The van der Waals surface area contributed by atoms with Crippen molar-refractivity contribution in [3.63, 3.8) is 0 Å². The van der Waals surface area contributed by atoms with Crippen LogP contribution in [0, 0.1) is 17.3 Å². The van der Waals surface area contributed by atoms with Gasteiger partial charge < -0.3 is 0 Å². The van der Waals surface area contributed by atoms with Gasteiger partial charge in [0, 0.05) is 5.33 Å². The van der Waals surface area contributed by atoms with E-state index in [9.17, 15) is 0 Å². The highest BCUT2D eigenvalue weighted by Gasteiger charge is 2.18. The fraction of sp³-hybridized carbons (Fsp3) is 1.00. The maximum Gasteiger partial charge on any atom is 0.00599 e. The summed E-state index contributed by atoms with van der Waals surface area (Å²) >= 11 is 3.60. The Morgan fingerprint density at radius 1 is 1.17 bits per heavy atom. The van der Waals surface area contributed by atoms with Crippen LogP contribution >= 0.6 is 15.9 Å². The molecule has 0 rings (SSSR count). The molecule has 0 spiro atoms. The lowest BCUT2D eigenvalue weighted by Crippen LogP contribution is -2.16. The SMILES string of the molecule is CC(C)CC(CBr)CC(C)(C)C.